The van der Waals surface area contributed by atoms with Crippen LogP contribution < -0.4 is 0 Å². The number of rotatable bonds is 8. The predicted molar refractivity (Wildman–Crippen MR) is 105 cm³/mol. The summed E-state index contributed by atoms with van der Waals surface area (Å²) >= 11 is 6.87. The second-order valence-electron chi connectivity index (χ2n) is 6.05. The zero-order valence-corrected chi connectivity index (χ0v) is 19.0. The second kappa shape index (κ2) is 8.89. The van der Waals surface area contributed by atoms with Gasteiger partial charge in [-0.15, -0.1) is 11.3 Å². The highest BCUT2D eigenvalue weighted by molar-refractivity contribution is 7.71. The molecule has 13 nitrogen and oxygen atoms in total. The van der Waals surface area contributed by atoms with Gasteiger partial charge in [0.25, 0.3) is 0 Å². The van der Waals surface area contributed by atoms with E-state index in [4.69, 9.17) is 31.6 Å². The number of nitrogens with zero attached hydrogens (tertiary/aromatic N) is 1. The van der Waals surface area contributed by atoms with Crippen LogP contribution in [-0.2, 0) is 31.6 Å². The van der Waals surface area contributed by atoms with E-state index in [0.717, 1.165) is 10.1 Å². The van der Waals surface area contributed by atoms with Gasteiger partial charge in [0, 0.05) is 12.6 Å². The van der Waals surface area contributed by atoms with Crippen molar-refractivity contribution in [1.82, 2.24) is 4.57 Å². The average Bonchev–Trinajstić information content (AvgIpc) is 3.17. The molecule has 2 aromatic heterocycles. The van der Waals surface area contributed by atoms with Crippen LogP contribution in [0.2, 0.25) is 0 Å². The van der Waals surface area contributed by atoms with Crippen LogP contribution in [0.5, 0.6) is 0 Å². The summed E-state index contributed by atoms with van der Waals surface area (Å²) in [6.07, 6.45) is -1.20. The number of hydrogen-bond donors (Lipinski definition) is 5. The molecule has 1 aliphatic heterocycles. The number of hydrogen-bond acceptors (Lipinski definition) is 10. The Labute approximate surface area is 177 Å². The van der Waals surface area contributed by atoms with Crippen molar-refractivity contribution < 1.29 is 56.3 Å². The summed E-state index contributed by atoms with van der Waals surface area (Å²) in [5.74, 6) is 0. The first-order valence-corrected chi connectivity index (χ1v) is 13.8. The van der Waals surface area contributed by atoms with Crippen LogP contribution in [-0.4, -0.2) is 48.1 Å². The average molecular weight is 523 g/mol. The van der Waals surface area contributed by atoms with E-state index >= 15 is 0 Å². The van der Waals surface area contributed by atoms with Crippen LogP contribution in [0.3, 0.4) is 0 Å². The van der Waals surface area contributed by atoms with Crippen molar-refractivity contribution in [3.8, 4) is 0 Å². The summed E-state index contributed by atoms with van der Waals surface area (Å²) in [6.45, 7) is -0.740. The van der Waals surface area contributed by atoms with Crippen molar-refractivity contribution in [2.75, 3.05) is 6.61 Å². The smallest absolute Gasteiger partial charge is 0.390 e. The molecule has 0 bridgehead atoms. The van der Waals surface area contributed by atoms with E-state index in [0.29, 0.717) is 4.64 Å². The number of ether oxygens (including phenoxy) is 1. The molecule has 5 N–H and O–H groups in total. The Balaban J connectivity index is 1.64. The van der Waals surface area contributed by atoms with Crippen LogP contribution in [0.1, 0.15) is 12.6 Å². The summed E-state index contributed by atoms with van der Waals surface area (Å²) in [7, 11) is -16.4. The molecule has 2 aromatic rings. The summed E-state index contributed by atoms with van der Waals surface area (Å²) in [5, 5.41) is 13.0. The molecule has 0 saturated carbocycles. The molecule has 1 saturated heterocycles. The minimum absolute atomic E-state index is 0.0790. The summed E-state index contributed by atoms with van der Waals surface area (Å²) in [6, 6.07) is 3.72. The van der Waals surface area contributed by atoms with E-state index in [-0.39, 0.29) is 6.42 Å². The Morgan fingerprint density at radius 3 is 2.53 bits per heavy atom. The van der Waals surface area contributed by atoms with Crippen molar-refractivity contribution in [3.05, 3.63) is 28.4 Å². The molecule has 3 rings (SSSR count). The van der Waals surface area contributed by atoms with Crippen molar-refractivity contribution in [3.63, 3.8) is 0 Å². The van der Waals surface area contributed by atoms with Gasteiger partial charge in [-0.05, 0) is 22.9 Å². The molecule has 1 aliphatic rings. The molecule has 0 aromatic carbocycles. The maximum atomic E-state index is 11.8. The number of fused-ring (bicyclic) bond motifs is 1. The number of aliphatic hydroxyl groups is 1. The third-order valence-electron chi connectivity index (χ3n) is 3.87. The second-order valence-corrected chi connectivity index (χ2v) is 11.8. The molecule has 0 spiro atoms. The Bertz CT molecular complexity index is 1130. The Morgan fingerprint density at radius 2 is 1.87 bits per heavy atom. The van der Waals surface area contributed by atoms with Crippen LogP contribution in [0.25, 0.3) is 10.1 Å². The highest BCUT2D eigenvalue weighted by Gasteiger charge is 2.42. The van der Waals surface area contributed by atoms with Gasteiger partial charge in [-0.25, -0.2) is 13.7 Å². The number of thiophene rings is 1. The van der Waals surface area contributed by atoms with Gasteiger partial charge in [-0.3, -0.25) is 4.52 Å². The fourth-order valence-electron chi connectivity index (χ4n) is 2.70. The van der Waals surface area contributed by atoms with Gasteiger partial charge in [0.1, 0.15) is 17.0 Å². The first kappa shape index (κ1) is 24.3. The highest BCUT2D eigenvalue weighted by Crippen LogP contribution is 2.66. The lowest BCUT2D eigenvalue weighted by atomic mass is 10.2. The number of phosphoric acid groups is 3. The van der Waals surface area contributed by atoms with Crippen molar-refractivity contribution in [1.29, 1.82) is 0 Å². The zero-order valence-electron chi connectivity index (χ0n) is 14.7. The standard InChI is InChI=1S/C12H16NO12P3S2/c14-8-5-10(13-3-1-7-2-4-30-11(7)12(13)29)23-9(8)6-22-27(18,19)25-28(20,21)24-26(15,16)17/h1-4,8-10,14H,5-6H2,(H,18,19)(H,20,21)(H2,15,16,17)/t8-,9-,10-/m1/s1. The lowest BCUT2D eigenvalue weighted by Crippen LogP contribution is -2.26. The van der Waals surface area contributed by atoms with Crippen LogP contribution in [0.4, 0.5) is 0 Å². The maximum Gasteiger partial charge on any atom is 0.490 e. The van der Waals surface area contributed by atoms with E-state index in [1.807, 2.05) is 17.5 Å². The largest absolute Gasteiger partial charge is 0.490 e. The quantitative estimate of drug-likeness (QED) is 0.250. The van der Waals surface area contributed by atoms with Gasteiger partial charge in [0.05, 0.1) is 17.4 Å². The zero-order chi connectivity index (χ0) is 22.3. The molecule has 5 atom stereocenters. The third kappa shape index (κ3) is 6.12. The van der Waals surface area contributed by atoms with Crippen LogP contribution in [0, 0.1) is 4.64 Å². The summed E-state index contributed by atoms with van der Waals surface area (Å²) in [5.41, 5.74) is 0. The minimum atomic E-state index is -5.62. The van der Waals surface area contributed by atoms with Gasteiger partial charge in [0.15, 0.2) is 0 Å². The normalized spacial score (nSPS) is 26.5. The predicted octanol–water partition coefficient (Wildman–Crippen LogP) is 2.42. The third-order valence-corrected chi connectivity index (χ3v) is 9.16. The monoisotopic (exact) mass is 523 g/mol. The molecule has 18 heteroatoms. The lowest BCUT2D eigenvalue weighted by molar-refractivity contribution is -0.0438. The number of phosphoric ester groups is 1. The van der Waals surface area contributed by atoms with Gasteiger partial charge >= 0.3 is 23.5 Å². The van der Waals surface area contributed by atoms with Crippen molar-refractivity contribution in [2.24, 2.45) is 0 Å². The van der Waals surface area contributed by atoms with E-state index in [1.54, 1.807) is 10.8 Å². The number of aromatic nitrogens is 1. The van der Waals surface area contributed by atoms with Crippen molar-refractivity contribution >= 4 is 57.1 Å². The molecule has 0 radical (unpaired) electrons. The Morgan fingerprint density at radius 1 is 1.17 bits per heavy atom. The van der Waals surface area contributed by atoms with Gasteiger partial charge in [-0.2, -0.15) is 8.62 Å². The van der Waals surface area contributed by atoms with E-state index in [1.165, 1.54) is 11.3 Å². The first-order chi connectivity index (χ1) is 13.8. The van der Waals surface area contributed by atoms with E-state index < -0.39 is 48.5 Å². The van der Waals surface area contributed by atoms with E-state index in [9.17, 15) is 23.7 Å². The van der Waals surface area contributed by atoms with Gasteiger partial charge in [0.2, 0.25) is 0 Å². The molecular weight excluding hydrogens is 507 g/mol. The highest BCUT2D eigenvalue weighted by atomic mass is 32.1. The Kier molecular flexibility index (Phi) is 7.20. The van der Waals surface area contributed by atoms with Crippen LogP contribution in [0.15, 0.2) is 23.7 Å². The number of aliphatic hydroxyl groups excluding tert-OH is 1. The first-order valence-electron chi connectivity index (χ1n) is 7.96. The van der Waals surface area contributed by atoms with Gasteiger partial charge in [-0.1, -0.05) is 12.2 Å². The fraction of sp³-hybridized carbons (Fsp3) is 0.417. The molecule has 168 valence electrons. The molecule has 3 heterocycles. The molecule has 2 unspecified atom stereocenters. The van der Waals surface area contributed by atoms with E-state index in [2.05, 4.69) is 13.1 Å². The lowest BCUT2D eigenvalue weighted by Gasteiger charge is -2.19. The molecule has 0 amide bonds. The molecule has 30 heavy (non-hydrogen) atoms. The van der Waals surface area contributed by atoms with Gasteiger partial charge < -0.3 is 34.0 Å². The minimum Gasteiger partial charge on any atom is -0.390 e. The topological polar surface area (TPSA) is 194 Å². The molecule has 0 aliphatic carbocycles. The number of pyridine rings is 1. The van der Waals surface area contributed by atoms with Crippen molar-refractivity contribution in [2.45, 2.75) is 24.9 Å². The summed E-state index contributed by atoms with van der Waals surface area (Å²) in [4.78, 5) is 35.6. The van der Waals surface area contributed by atoms with Crippen LogP contribution >= 0.6 is 47.0 Å². The maximum absolute atomic E-state index is 11.8. The molecular formula is C12H16NO12P3S2. The SMILES string of the molecule is O=P(O)(O)OP(=O)(O)OP(=O)(O)OC[C@H]1O[C@@H](n2ccc3ccsc3c2=S)C[C@H]1O. The Hall–Kier alpha value is -0.340. The fourth-order valence-corrected chi connectivity index (χ4v) is 7.00. The summed E-state index contributed by atoms with van der Waals surface area (Å²) < 4.78 is 54.0. The molecule has 1 fully saturated rings.